The summed E-state index contributed by atoms with van der Waals surface area (Å²) in [5, 5.41) is 9.65. The molecule has 4 aromatic rings. The Kier molecular flexibility index (Phi) is 7.54. The largest absolute Gasteiger partial charge is 0.497 e. The predicted molar refractivity (Wildman–Crippen MR) is 130 cm³/mol. The number of hydrogen-bond acceptors (Lipinski definition) is 6. The van der Waals surface area contributed by atoms with E-state index in [2.05, 4.69) is 16.9 Å². The van der Waals surface area contributed by atoms with Crippen LogP contribution in [0.4, 0.5) is 0 Å². The number of carbonyl (C=O) groups is 1. The number of rotatable bonds is 11. The fraction of sp³-hybridized carbons (Fsp3) is 0.296. The van der Waals surface area contributed by atoms with Crippen molar-refractivity contribution >= 4 is 17.1 Å². The van der Waals surface area contributed by atoms with Gasteiger partial charge in [0.05, 0.1) is 18.2 Å². The van der Waals surface area contributed by atoms with E-state index in [4.69, 9.17) is 19.0 Å². The second-order valence-corrected chi connectivity index (χ2v) is 8.31. The third-order valence-corrected chi connectivity index (χ3v) is 5.72. The number of furan rings is 1. The van der Waals surface area contributed by atoms with Gasteiger partial charge in [-0.05, 0) is 42.9 Å². The summed E-state index contributed by atoms with van der Waals surface area (Å²) in [5.74, 6) is 0.851. The van der Waals surface area contributed by atoms with Gasteiger partial charge in [0.2, 0.25) is 5.71 Å². The number of aromatic nitrogens is 2. The second-order valence-electron chi connectivity index (χ2n) is 8.31. The average Bonchev–Trinajstić information content (AvgIpc) is 3.25. The Morgan fingerprint density at radius 3 is 2.53 bits per heavy atom. The number of benzene rings is 2. The maximum absolute atomic E-state index is 10.6. The Morgan fingerprint density at radius 2 is 1.82 bits per heavy atom. The van der Waals surface area contributed by atoms with Crippen LogP contribution in [0.15, 0.2) is 65.3 Å². The lowest BCUT2D eigenvalue weighted by atomic mass is 9.96. The molecule has 0 radical (unpaired) electrons. The zero-order valence-corrected chi connectivity index (χ0v) is 19.4. The summed E-state index contributed by atoms with van der Waals surface area (Å²) >= 11 is 0. The number of carboxylic acids is 1. The summed E-state index contributed by atoms with van der Waals surface area (Å²) in [4.78, 5) is 19.7. The first-order valence-corrected chi connectivity index (χ1v) is 11.3. The number of aliphatic carboxylic acids is 1. The zero-order chi connectivity index (χ0) is 23.9. The van der Waals surface area contributed by atoms with Crippen molar-refractivity contribution in [1.82, 2.24) is 9.97 Å². The maximum atomic E-state index is 10.6. The summed E-state index contributed by atoms with van der Waals surface area (Å²) in [7, 11) is 1.65. The summed E-state index contributed by atoms with van der Waals surface area (Å²) in [6, 6.07) is 17.9. The lowest BCUT2D eigenvalue weighted by molar-refractivity contribution is -0.142. The van der Waals surface area contributed by atoms with E-state index in [1.807, 2.05) is 54.6 Å². The Hall–Kier alpha value is -3.71. The monoisotopic (exact) mass is 460 g/mol. The minimum absolute atomic E-state index is 0.252. The molecule has 176 valence electrons. The zero-order valence-electron chi connectivity index (χ0n) is 19.4. The van der Waals surface area contributed by atoms with Crippen LogP contribution in [-0.4, -0.2) is 41.4 Å². The van der Waals surface area contributed by atoms with E-state index in [-0.39, 0.29) is 12.5 Å². The quantitative estimate of drug-likeness (QED) is 0.310. The van der Waals surface area contributed by atoms with Gasteiger partial charge >= 0.3 is 5.97 Å². The van der Waals surface area contributed by atoms with Crippen molar-refractivity contribution in [3.63, 3.8) is 0 Å². The van der Waals surface area contributed by atoms with Crippen LogP contribution >= 0.6 is 0 Å². The topological polar surface area (TPSA) is 94.7 Å². The van der Waals surface area contributed by atoms with E-state index in [1.165, 1.54) is 0 Å². The lowest BCUT2D eigenvalue weighted by Gasteiger charge is -2.11. The summed E-state index contributed by atoms with van der Waals surface area (Å²) < 4.78 is 16.8. The molecule has 0 spiro atoms. The molecular formula is C27H28N2O5. The summed E-state index contributed by atoms with van der Waals surface area (Å²) in [6.45, 7) is 2.22. The van der Waals surface area contributed by atoms with Gasteiger partial charge in [-0.15, -0.1) is 0 Å². The van der Waals surface area contributed by atoms with E-state index in [0.717, 1.165) is 58.5 Å². The van der Waals surface area contributed by atoms with Crippen LogP contribution in [-0.2, 0) is 16.0 Å². The number of hydrogen-bond donors (Lipinski definition) is 1. The molecule has 1 N–H and O–H groups in total. The van der Waals surface area contributed by atoms with Crippen molar-refractivity contribution in [2.45, 2.75) is 26.2 Å². The normalized spacial score (nSPS) is 12.1. The first kappa shape index (κ1) is 23.4. The lowest BCUT2D eigenvalue weighted by Crippen LogP contribution is -2.12. The maximum Gasteiger partial charge on any atom is 0.329 e. The molecule has 7 heteroatoms. The van der Waals surface area contributed by atoms with Crippen molar-refractivity contribution in [1.29, 1.82) is 0 Å². The number of nitrogens with zero attached hydrogens (tertiary/aromatic N) is 2. The Labute approximate surface area is 198 Å². The summed E-state index contributed by atoms with van der Waals surface area (Å²) in [6.07, 6.45) is 4.08. The predicted octanol–water partition coefficient (Wildman–Crippen LogP) is 5.63. The van der Waals surface area contributed by atoms with Crippen molar-refractivity contribution in [2.24, 2.45) is 5.92 Å². The van der Waals surface area contributed by atoms with Crippen LogP contribution in [0.1, 0.15) is 25.5 Å². The van der Waals surface area contributed by atoms with Gasteiger partial charge in [-0.3, -0.25) is 0 Å². The van der Waals surface area contributed by atoms with Gasteiger partial charge in [-0.1, -0.05) is 49.4 Å². The third kappa shape index (κ3) is 5.43. The fourth-order valence-corrected chi connectivity index (χ4v) is 4.06. The molecule has 1 unspecified atom stereocenters. The van der Waals surface area contributed by atoms with Gasteiger partial charge in [0, 0.05) is 17.7 Å². The number of fused-ring (bicyclic) bond motifs is 1. The van der Waals surface area contributed by atoms with Crippen molar-refractivity contribution in [3.8, 4) is 28.2 Å². The molecule has 0 bridgehead atoms. The fourth-order valence-electron chi connectivity index (χ4n) is 4.06. The van der Waals surface area contributed by atoms with Crippen molar-refractivity contribution < 1.29 is 23.8 Å². The Bertz CT molecular complexity index is 1240. The highest BCUT2D eigenvalue weighted by molar-refractivity contribution is 6.01. The minimum atomic E-state index is -0.948. The van der Waals surface area contributed by atoms with Gasteiger partial charge in [0.25, 0.3) is 0 Å². The molecule has 0 amide bonds. The molecule has 34 heavy (non-hydrogen) atoms. The van der Waals surface area contributed by atoms with Gasteiger partial charge in [0.15, 0.2) is 0 Å². The number of methoxy groups -OCH3 is 1. The van der Waals surface area contributed by atoms with Crippen molar-refractivity contribution in [2.75, 3.05) is 20.3 Å². The first-order valence-electron chi connectivity index (χ1n) is 11.3. The Balaban J connectivity index is 1.66. The highest BCUT2D eigenvalue weighted by Gasteiger charge is 2.22. The van der Waals surface area contributed by atoms with Gasteiger partial charge in [-0.25, -0.2) is 14.8 Å². The summed E-state index contributed by atoms with van der Waals surface area (Å²) in [5.41, 5.74) is 4.44. The molecule has 0 saturated carbocycles. The van der Waals surface area contributed by atoms with Crippen LogP contribution in [0.5, 0.6) is 5.75 Å². The van der Waals surface area contributed by atoms with Crippen LogP contribution in [0.25, 0.3) is 33.6 Å². The molecule has 0 saturated heterocycles. The van der Waals surface area contributed by atoms with Crippen LogP contribution in [0.3, 0.4) is 0 Å². The number of carboxylic acid groups (broad SMARTS) is 1. The van der Waals surface area contributed by atoms with Crippen LogP contribution in [0, 0.1) is 5.92 Å². The second kappa shape index (κ2) is 10.9. The van der Waals surface area contributed by atoms with Gasteiger partial charge in [-0.2, -0.15) is 0 Å². The molecule has 0 aliphatic heterocycles. The van der Waals surface area contributed by atoms with Gasteiger partial charge < -0.3 is 19.0 Å². The first-order chi connectivity index (χ1) is 16.6. The van der Waals surface area contributed by atoms with Gasteiger partial charge in [0.1, 0.15) is 24.4 Å². The number of ether oxygens (including phenoxy) is 2. The Morgan fingerprint density at radius 1 is 1.06 bits per heavy atom. The average molecular weight is 461 g/mol. The van der Waals surface area contributed by atoms with Crippen LogP contribution < -0.4 is 4.74 Å². The van der Waals surface area contributed by atoms with E-state index >= 15 is 0 Å². The molecule has 2 aromatic carbocycles. The molecule has 1 atom stereocenters. The van der Waals surface area contributed by atoms with E-state index in [1.54, 1.807) is 13.4 Å². The molecule has 0 aliphatic carbocycles. The number of aryl methyl sites for hydroxylation is 1. The highest BCUT2D eigenvalue weighted by atomic mass is 16.5. The van der Waals surface area contributed by atoms with E-state index < -0.39 is 5.97 Å². The van der Waals surface area contributed by atoms with E-state index in [9.17, 15) is 4.79 Å². The minimum Gasteiger partial charge on any atom is -0.497 e. The molecular weight excluding hydrogens is 432 g/mol. The van der Waals surface area contributed by atoms with E-state index in [0.29, 0.717) is 12.3 Å². The molecule has 0 aliphatic rings. The molecule has 0 fully saturated rings. The molecule has 2 aromatic heterocycles. The molecule has 4 rings (SSSR count). The highest BCUT2D eigenvalue weighted by Crippen LogP contribution is 2.41. The smallest absolute Gasteiger partial charge is 0.329 e. The standard InChI is InChI=1S/C27H28N2O5/c1-18(15-33-16-23(30)31)7-6-10-22-25-24(19-11-13-21(32-2)14-12-19)26(20-8-4-3-5-9-20)34-27(25)29-17-28-22/h3-5,8-9,11-14,17-18H,6-7,10,15-16H2,1-2H3,(H,30,31). The third-order valence-electron chi connectivity index (χ3n) is 5.72. The SMILES string of the molecule is COc1ccc(-c2c(-c3ccccc3)oc3ncnc(CCCC(C)COCC(=O)O)c23)cc1. The van der Waals surface area contributed by atoms with Crippen LogP contribution in [0.2, 0.25) is 0 Å². The van der Waals surface area contributed by atoms with Crippen molar-refractivity contribution in [3.05, 3.63) is 66.6 Å². The molecule has 2 heterocycles. The molecule has 7 nitrogen and oxygen atoms in total.